The minimum absolute atomic E-state index is 0.176. The summed E-state index contributed by atoms with van der Waals surface area (Å²) in [5.74, 6) is 0. The lowest BCUT2D eigenvalue weighted by Gasteiger charge is -2.18. The molecule has 1 heteroatoms. The van der Waals surface area contributed by atoms with Crippen molar-refractivity contribution in [1.29, 1.82) is 0 Å². The van der Waals surface area contributed by atoms with Gasteiger partial charge in [-0.1, -0.05) is 87.5 Å². The molecule has 0 aliphatic rings. The molecule has 1 nitrogen and oxygen atoms in total. The summed E-state index contributed by atoms with van der Waals surface area (Å²) in [6.07, 6.45) is 1.92. The molecule has 0 saturated heterocycles. The van der Waals surface area contributed by atoms with Crippen molar-refractivity contribution in [2.75, 3.05) is 0 Å². The first-order chi connectivity index (χ1) is 11.5. The van der Waals surface area contributed by atoms with E-state index in [4.69, 9.17) is 0 Å². The standard InChI is InChI=1S/C23H23N/c1-23(2,3)21-13-15-22(16-14-21)24-17-18-9-11-20(12-10-18)19-7-5-4-6-8-19/h4-17H,1-3H3. The van der Waals surface area contributed by atoms with Crippen molar-refractivity contribution in [1.82, 2.24) is 0 Å². The lowest BCUT2D eigenvalue weighted by molar-refractivity contribution is 0.590. The molecule has 0 fully saturated rings. The van der Waals surface area contributed by atoms with Gasteiger partial charge in [0.2, 0.25) is 0 Å². The normalized spacial score (nSPS) is 11.8. The van der Waals surface area contributed by atoms with Crippen LogP contribution in [0.3, 0.4) is 0 Å². The van der Waals surface area contributed by atoms with Crippen LogP contribution in [0.5, 0.6) is 0 Å². The summed E-state index contributed by atoms with van der Waals surface area (Å²) in [7, 11) is 0. The van der Waals surface area contributed by atoms with Crippen LogP contribution in [0.1, 0.15) is 31.9 Å². The SMILES string of the molecule is CC(C)(C)c1ccc(N=Cc2ccc(-c3ccccc3)cc2)cc1. The summed E-state index contributed by atoms with van der Waals surface area (Å²) in [6.45, 7) is 6.67. The first-order valence-corrected chi connectivity index (χ1v) is 8.32. The van der Waals surface area contributed by atoms with Gasteiger partial charge in [0, 0.05) is 6.21 Å². The molecule has 3 rings (SSSR count). The molecule has 0 saturated carbocycles. The van der Waals surface area contributed by atoms with Crippen molar-refractivity contribution in [3.05, 3.63) is 90.0 Å². The highest BCUT2D eigenvalue weighted by Gasteiger charge is 2.12. The van der Waals surface area contributed by atoms with Gasteiger partial charge in [0.05, 0.1) is 5.69 Å². The molecule has 0 aromatic heterocycles. The fraction of sp³-hybridized carbons (Fsp3) is 0.174. The molecule has 120 valence electrons. The third-order valence-electron chi connectivity index (χ3n) is 4.11. The maximum Gasteiger partial charge on any atom is 0.0630 e. The molecule has 0 atom stereocenters. The van der Waals surface area contributed by atoms with Gasteiger partial charge in [0.15, 0.2) is 0 Å². The van der Waals surface area contributed by atoms with E-state index in [9.17, 15) is 0 Å². The first kappa shape index (κ1) is 16.2. The number of nitrogens with zero attached hydrogens (tertiary/aromatic N) is 1. The van der Waals surface area contributed by atoms with Crippen LogP contribution in [0.25, 0.3) is 11.1 Å². The van der Waals surface area contributed by atoms with Gasteiger partial charge in [-0.15, -0.1) is 0 Å². The van der Waals surface area contributed by atoms with Crippen LogP contribution >= 0.6 is 0 Å². The molecule has 0 aliphatic heterocycles. The quantitative estimate of drug-likeness (QED) is 0.496. The van der Waals surface area contributed by atoms with Gasteiger partial charge >= 0.3 is 0 Å². The summed E-state index contributed by atoms with van der Waals surface area (Å²) >= 11 is 0. The predicted molar refractivity (Wildman–Crippen MR) is 104 cm³/mol. The Morgan fingerprint density at radius 3 is 1.83 bits per heavy atom. The zero-order chi connectivity index (χ0) is 17.0. The third-order valence-corrected chi connectivity index (χ3v) is 4.11. The lowest BCUT2D eigenvalue weighted by atomic mass is 9.87. The molecule has 3 aromatic carbocycles. The molecule has 0 heterocycles. The molecular weight excluding hydrogens is 290 g/mol. The minimum Gasteiger partial charge on any atom is -0.256 e. The van der Waals surface area contributed by atoms with E-state index >= 15 is 0 Å². The van der Waals surface area contributed by atoms with Crippen molar-refractivity contribution in [2.24, 2.45) is 4.99 Å². The zero-order valence-corrected chi connectivity index (χ0v) is 14.5. The fourth-order valence-electron chi connectivity index (χ4n) is 2.59. The van der Waals surface area contributed by atoms with E-state index in [1.54, 1.807) is 0 Å². The maximum absolute atomic E-state index is 4.58. The number of hydrogen-bond donors (Lipinski definition) is 0. The molecule has 0 radical (unpaired) electrons. The Morgan fingerprint density at radius 2 is 1.25 bits per heavy atom. The van der Waals surface area contributed by atoms with Crippen molar-refractivity contribution in [3.8, 4) is 11.1 Å². The van der Waals surface area contributed by atoms with Crippen LogP contribution in [0.4, 0.5) is 5.69 Å². The number of benzene rings is 3. The van der Waals surface area contributed by atoms with Crippen molar-refractivity contribution >= 4 is 11.9 Å². The van der Waals surface area contributed by atoms with Crippen LogP contribution in [-0.2, 0) is 5.41 Å². The summed E-state index contributed by atoms with van der Waals surface area (Å²) in [4.78, 5) is 4.58. The number of rotatable bonds is 3. The van der Waals surface area contributed by atoms with Gasteiger partial charge in [0.1, 0.15) is 0 Å². The topological polar surface area (TPSA) is 12.4 Å². The summed E-state index contributed by atoms with van der Waals surface area (Å²) in [5.41, 5.74) is 6.05. The number of aliphatic imine (C=N–C) groups is 1. The second kappa shape index (κ2) is 6.84. The van der Waals surface area contributed by atoms with E-state index in [0.29, 0.717) is 0 Å². The van der Waals surface area contributed by atoms with Crippen molar-refractivity contribution in [2.45, 2.75) is 26.2 Å². The van der Waals surface area contributed by atoms with Gasteiger partial charge in [-0.3, -0.25) is 4.99 Å². The molecule has 24 heavy (non-hydrogen) atoms. The van der Waals surface area contributed by atoms with Crippen molar-refractivity contribution in [3.63, 3.8) is 0 Å². The van der Waals surface area contributed by atoms with Gasteiger partial charge in [-0.2, -0.15) is 0 Å². The molecular formula is C23H23N. The largest absolute Gasteiger partial charge is 0.256 e. The Morgan fingerprint density at radius 1 is 0.667 bits per heavy atom. The molecule has 0 bridgehead atoms. The van der Waals surface area contributed by atoms with Crippen LogP contribution in [0.15, 0.2) is 83.9 Å². The smallest absolute Gasteiger partial charge is 0.0630 e. The van der Waals surface area contributed by atoms with Gasteiger partial charge in [0.25, 0.3) is 0 Å². The summed E-state index contributed by atoms with van der Waals surface area (Å²) in [5, 5.41) is 0. The summed E-state index contributed by atoms with van der Waals surface area (Å²) in [6, 6.07) is 27.4. The Bertz CT molecular complexity index is 805. The van der Waals surface area contributed by atoms with Crippen LogP contribution in [-0.4, -0.2) is 6.21 Å². The molecule has 0 unspecified atom stereocenters. The van der Waals surface area contributed by atoms with E-state index in [-0.39, 0.29) is 5.41 Å². The second-order valence-electron chi connectivity index (χ2n) is 7.04. The maximum atomic E-state index is 4.58. The molecule has 3 aromatic rings. The van der Waals surface area contributed by atoms with E-state index in [0.717, 1.165) is 11.3 Å². The zero-order valence-electron chi connectivity index (χ0n) is 14.5. The monoisotopic (exact) mass is 313 g/mol. The number of hydrogen-bond acceptors (Lipinski definition) is 1. The van der Waals surface area contributed by atoms with Gasteiger partial charge in [-0.25, -0.2) is 0 Å². The highest BCUT2D eigenvalue weighted by atomic mass is 14.7. The average molecular weight is 313 g/mol. The fourth-order valence-corrected chi connectivity index (χ4v) is 2.59. The first-order valence-electron chi connectivity index (χ1n) is 8.32. The molecule has 0 spiro atoms. The average Bonchev–Trinajstić information content (AvgIpc) is 2.61. The third kappa shape index (κ3) is 3.99. The van der Waals surface area contributed by atoms with E-state index in [1.807, 2.05) is 12.3 Å². The van der Waals surface area contributed by atoms with E-state index in [1.165, 1.54) is 16.7 Å². The highest BCUT2D eigenvalue weighted by molar-refractivity contribution is 5.83. The van der Waals surface area contributed by atoms with Gasteiger partial charge < -0.3 is 0 Å². The Hall–Kier alpha value is -2.67. The van der Waals surface area contributed by atoms with E-state index < -0.39 is 0 Å². The predicted octanol–water partition coefficient (Wildman–Crippen LogP) is 6.40. The van der Waals surface area contributed by atoms with E-state index in [2.05, 4.69) is 98.6 Å². The van der Waals surface area contributed by atoms with Crippen LogP contribution in [0, 0.1) is 0 Å². The highest BCUT2D eigenvalue weighted by Crippen LogP contribution is 2.24. The van der Waals surface area contributed by atoms with Crippen LogP contribution in [0.2, 0.25) is 0 Å². The molecule has 0 amide bonds. The van der Waals surface area contributed by atoms with Gasteiger partial charge in [-0.05, 0) is 39.8 Å². The van der Waals surface area contributed by atoms with Crippen molar-refractivity contribution < 1.29 is 0 Å². The molecule has 0 aliphatic carbocycles. The second-order valence-corrected chi connectivity index (χ2v) is 7.04. The molecule has 0 N–H and O–H groups in total. The Balaban J connectivity index is 1.73. The summed E-state index contributed by atoms with van der Waals surface area (Å²) < 4.78 is 0. The minimum atomic E-state index is 0.176. The Kier molecular flexibility index (Phi) is 4.61. The lowest BCUT2D eigenvalue weighted by Crippen LogP contribution is -2.10. The van der Waals surface area contributed by atoms with Crippen LogP contribution < -0.4 is 0 Å². The Labute approximate surface area is 144 Å².